The van der Waals surface area contributed by atoms with Crippen molar-refractivity contribution in [3.8, 4) is 0 Å². The minimum Gasteiger partial charge on any atom is -0.480 e. The fraction of sp³-hybridized carbons (Fsp3) is 0.857. The van der Waals surface area contributed by atoms with E-state index in [0.717, 1.165) is 0 Å². The third-order valence-electron chi connectivity index (χ3n) is 2.59. The highest BCUT2D eigenvalue weighted by Crippen LogP contribution is 2.54. The Morgan fingerprint density at radius 1 is 1.19 bits per heavy atom. The molecule has 1 saturated heterocycles. The van der Waals surface area contributed by atoms with Gasteiger partial charge in [-0.15, -0.1) is 0 Å². The molecule has 9 heteroatoms. The average Bonchev–Trinajstić information content (AvgIpc) is 2.44. The van der Waals surface area contributed by atoms with E-state index in [-0.39, 0.29) is 0 Å². The Morgan fingerprint density at radius 2 is 1.62 bits per heavy atom. The van der Waals surface area contributed by atoms with E-state index in [2.05, 4.69) is 0 Å². The highest BCUT2D eigenvalue weighted by molar-refractivity contribution is 5.74. The van der Waals surface area contributed by atoms with Gasteiger partial charge < -0.3 is 10.4 Å². The topological polar surface area (TPSA) is 49.3 Å². The van der Waals surface area contributed by atoms with Crippen LogP contribution in [0, 0.1) is 5.41 Å². The zero-order chi connectivity index (χ0) is 12.8. The highest BCUT2D eigenvalue weighted by Gasteiger charge is 2.73. The predicted molar refractivity (Wildman–Crippen MR) is 38.6 cm³/mol. The van der Waals surface area contributed by atoms with Crippen LogP contribution in [-0.2, 0) is 4.79 Å². The maximum atomic E-state index is 12.4. The molecule has 1 aliphatic rings. The van der Waals surface area contributed by atoms with Gasteiger partial charge in [0.2, 0.25) is 0 Å². The van der Waals surface area contributed by atoms with Crippen molar-refractivity contribution in [2.45, 2.75) is 24.8 Å². The molecule has 0 amide bonds. The zero-order valence-corrected chi connectivity index (χ0v) is 7.61. The number of aliphatic carboxylic acids is 1. The number of carbonyl (C=O) groups is 1. The maximum Gasteiger partial charge on any atom is 0.404 e. The third-order valence-corrected chi connectivity index (χ3v) is 2.59. The van der Waals surface area contributed by atoms with Gasteiger partial charge in [0, 0.05) is 6.54 Å². The van der Waals surface area contributed by atoms with Crippen molar-refractivity contribution >= 4 is 5.97 Å². The van der Waals surface area contributed by atoms with Crippen LogP contribution in [0.25, 0.3) is 0 Å². The van der Waals surface area contributed by atoms with Crippen molar-refractivity contribution < 1.29 is 36.2 Å². The Hall–Kier alpha value is -0.990. The molecule has 1 aliphatic heterocycles. The summed E-state index contributed by atoms with van der Waals surface area (Å²) in [4.78, 5) is 10.3. The number of carboxylic acids is 1. The summed E-state index contributed by atoms with van der Waals surface area (Å²) in [5, 5.41) is 10.1. The van der Waals surface area contributed by atoms with Crippen LogP contribution in [0.5, 0.6) is 0 Å². The number of hydrogen-bond donors (Lipinski definition) is 2. The van der Waals surface area contributed by atoms with Gasteiger partial charge in [-0.3, -0.25) is 4.79 Å². The molecule has 94 valence electrons. The Balaban J connectivity index is 3.07. The third kappa shape index (κ3) is 1.83. The van der Waals surface area contributed by atoms with E-state index in [1.165, 1.54) is 0 Å². The van der Waals surface area contributed by atoms with E-state index in [1.54, 1.807) is 5.32 Å². The van der Waals surface area contributed by atoms with Crippen LogP contribution in [0.15, 0.2) is 0 Å². The van der Waals surface area contributed by atoms with Crippen molar-refractivity contribution in [3.63, 3.8) is 0 Å². The fourth-order valence-electron chi connectivity index (χ4n) is 1.56. The molecule has 2 N–H and O–H groups in total. The zero-order valence-electron chi connectivity index (χ0n) is 7.61. The molecule has 0 saturated carbocycles. The molecule has 1 atom stereocenters. The van der Waals surface area contributed by atoms with Crippen LogP contribution in [-0.4, -0.2) is 36.0 Å². The lowest BCUT2D eigenvalue weighted by atomic mass is 9.84. The molecule has 0 aromatic carbocycles. The molecule has 0 bridgehead atoms. The molecule has 0 aromatic rings. The number of hydrogen-bond acceptors (Lipinski definition) is 2. The number of carboxylic acid groups (broad SMARTS) is 1. The van der Waals surface area contributed by atoms with Gasteiger partial charge in [-0.25, -0.2) is 0 Å². The molecule has 1 rings (SSSR count). The average molecular weight is 251 g/mol. The van der Waals surface area contributed by atoms with Crippen molar-refractivity contribution in [2.24, 2.45) is 5.41 Å². The van der Waals surface area contributed by atoms with Gasteiger partial charge >= 0.3 is 18.3 Å². The van der Waals surface area contributed by atoms with Crippen LogP contribution in [0.2, 0.25) is 0 Å². The standard InChI is InChI=1S/C7H7F6NO2/c8-6(9,10)5(7(11,12)13)1-3(4(15)16)14-2-5/h3,14H,1-2H2,(H,15,16)/t3-/m1/s1. The first-order valence-corrected chi connectivity index (χ1v) is 4.11. The van der Waals surface area contributed by atoms with Gasteiger partial charge in [0.1, 0.15) is 6.04 Å². The number of nitrogens with one attached hydrogen (secondary N) is 1. The maximum absolute atomic E-state index is 12.4. The number of halogens is 6. The quantitative estimate of drug-likeness (QED) is 0.695. The van der Waals surface area contributed by atoms with Gasteiger partial charge in [-0.1, -0.05) is 0 Å². The van der Waals surface area contributed by atoms with E-state index >= 15 is 0 Å². The van der Waals surface area contributed by atoms with E-state index in [1.807, 2.05) is 0 Å². The molecule has 0 aromatic heterocycles. The summed E-state index contributed by atoms with van der Waals surface area (Å²) in [6, 6.07) is -1.83. The van der Waals surface area contributed by atoms with Crippen molar-refractivity contribution in [3.05, 3.63) is 0 Å². The lowest BCUT2D eigenvalue weighted by Gasteiger charge is -2.32. The summed E-state index contributed by atoms with van der Waals surface area (Å²) < 4.78 is 74.4. The molecule has 0 spiro atoms. The summed E-state index contributed by atoms with van der Waals surface area (Å²) in [6.07, 6.45) is -12.6. The lowest BCUT2D eigenvalue weighted by Crippen LogP contribution is -2.51. The second-order valence-electron chi connectivity index (χ2n) is 3.55. The van der Waals surface area contributed by atoms with E-state index in [4.69, 9.17) is 5.11 Å². The predicted octanol–water partition coefficient (Wildman–Crippen LogP) is 1.54. The number of alkyl halides is 6. The van der Waals surface area contributed by atoms with Crippen molar-refractivity contribution in [1.82, 2.24) is 5.32 Å². The summed E-state index contributed by atoms with van der Waals surface area (Å²) in [6.45, 7) is -1.46. The Morgan fingerprint density at radius 3 is 1.81 bits per heavy atom. The van der Waals surface area contributed by atoms with E-state index in [0.29, 0.717) is 0 Å². The first-order chi connectivity index (χ1) is 7.01. The Bertz CT molecular complexity index is 282. The van der Waals surface area contributed by atoms with Gasteiger partial charge in [-0.05, 0) is 6.42 Å². The summed E-state index contributed by atoms with van der Waals surface area (Å²) in [5.41, 5.74) is -3.97. The molecular weight excluding hydrogens is 244 g/mol. The van der Waals surface area contributed by atoms with Crippen molar-refractivity contribution in [1.29, 1.82) is 0 Å². The van der Waals surface area contributed by atoms with Crippen LogP contribution < -0.4 is 5.32 Å². The summed E-state index contributed by atoms with van der Waals surface area (Å²) >= 11 is 0. The van der Waals surface area contributed by atoms with Crippen LogP contribution >= 0.6 is 0 Å². The second kappa shape index (κ2) is 3.51. The first kappa shape index (κ1) is 13.1. The number of rotatable bonds is 1. The van der Waals surface area contributed by atoms with E-state index in [9.17, 15) is 31.1 Å². The molecule has 0 aliphatic carbocycles. The second-order valence-corrected chi connectivity index (χ2v) is 3.55. The Labute approximate surface area is 85.4 Å². The van der Waals surface area contributed by atoms with E-state index < -0.39 is 42.7 Å². The van der Waals surface area contributed by atoms with Gasteiger partial charge in [0.25, 0.3) is 0 Å². The molecule has 3 nitrogen and oxygen atoms in total. The largest absolute Gasteiger partial charge is 0.480 e. The molecule has 0 radical (unpaired) electrons. The summed E-state index contributed by atoms with van der Waals surface area (Å²) in [7, 11) is 0. The summed E-state index contributed by atoms with van der Waals surface area (Å²) in [5.74, 6) is -1.73. The molecule has 16 heavy (non-hydrogen) atoms. The van der Waals surface area contributed by atoms with Crippen molar-refractivity contribution in [2.75, 3.05) is 6.54 Å². The van der Waals surface area contributed by atoms with Crippen LogP contribution in [0.4, 0.5) is 26.3 Å². The molecular formula is C7H7F6NO2. The molecule has 0 unspecified atom stereocenters. The minimum atomic E-state index is -5.53. The van der Waals surface area contributed by atoms with Gasteiger partial charge in [0.05, 0.1) is 0 Å². The molecule has 1 fully saturated rings. The monoisotopic (exact) mass is 251 g/mol. The van der Waals surface area contributed by atoms with Gasteiger partial charge in [0.15, 0.2) is 5.41 Å². The lowest BCUT2D eigenvalue weighted by molar-refractivity contribution is -0.333. The normalized spacial score (nSPS) is 25.8. The van der Waals surface area contributed by atoms with Gasteiger partial charge in [-0.2, -0.15) is 26.3 Å². The van der Waals surface area contributed by atoms with Crippen LogP contribution in [0.3, 0.4) is 0 Å². The fourth-order valence-corrected chi connectivity index (χ4v) is 1.56. The highest BCUT2D eigenvalue weighted by atomic mass is 19.4. The smallest absolute Gasteiger partial charge is 0.404 e. The Kier molecular flexibility index (Phi) is 2.86. The van der Waals surface area contributed by atoms with Crippen LogP contribution in [0.1, 0.15) is 6.42 Å². The minimum absolute atomic E-state index is 1.46. The SMILES string of the molecule is O=C(O)[C@H]1CC(C(F)(F)F)(C(F)(F)F)CN1. The molecule has 1 heterocycles. The first-order valence-electron chi connectivity index (χ1n) is 4.11.